The molecule has 1 amide bonds. The van der Waals surface area contributed by atoms with Crippen LogP contribution in [0.3, 0.4) is 0 Å². The largest absolute Gasteiger partial charge is 0.385 e. The molecular formula is C15H18N2O2. The Labute approximate surface area is 113 Å². The van der Waals surface area contributed by atoms with E-state index in [1.165, 1.54) is 0 Å². The summed E-state index contributed by atoms with van der Waals surface area (Å²) in [7, 11) is 1.61. The van der Waals surface area contributed by atoms with Crippen LogP contribution in [0.2, 0.25) is 0 Å². The second-order valence-corrected chi connectivity index (χ2v) is 4.19. The Hall–Kier alpha value is -2.12. The van der Waals surface area contributed by atoms with Crippen LogP contribution >= 0.6 is 0 Å². The molecule has 1 aromatic rings. The van der Waals surface area contributed by atoms with Gasteiger partial charge in [0.2, 0.25) is 0 Å². The highest BCUT2D eigenvalue weighted by atomic mass is 16.5. The van der Waals surface area contributed by atoms with Crippen molar-refractivity contribution in [1.82, 2.24) is 5.32 Å². The Balaban J connectivity index is 2.67. The molecule has 1 rings (SSSR count). The highest BCUT2D eigenvalue weighted by Crippen LogP contribution is 2.09. The van der Waals surface area contributed by atoms with Crippen molar-refractivity contribution < 1.29 is 9.53 Å². The Kier molecular flexibility index (Phi) is 6.34. The number of methoxy groups -OCH3 is 1. The molecule has 0 atom stereocenters. The minimum atomic E-state index is -0.347. The van der Waals surface area contributed by atoms with Crippen LogP contribution in [0, 0.1) is 18.3 Å². The average Bonchev–Trinajstić information content (AvgIpc) is 2.41. The van der Waals surface area contributed by atoms with Crippen molar-refractivity contribution in [2.75, 3.05) is 20.3 Å². The van der Waals surface area contributed by atoms with Crippen LogP contribution in [0.15, 0.2) is 29.8 Å². The number of ether oxygens (including phenoxy) is 1. The molecule has 0 spiro atoms. The summed E-state index contributed by atoms with van der Waals surface area (Å²) in [6.45, 7) is 3.05. The Bertz CT molecular complexity index is 501. The second-order valence-electron chi connectivity index (χ2n) is 4.19. The molecular weight excluding hydrogens is 240 g/mol. The normalized spacial score (nSPS) is 10.9. The lowest BCUT2D eigenvalue weighted by Gasteiger charge is -2.04. The van der Waals surface area contributed by atoms with Gasteiger partial charge in [0.1, 0.15) is 11.6 Å². The molecule has 0 aromatic heterocycles. The van der Waals surface area contributed by atoms with Gasteiger partial charge in [-0.25, -0.2) is 0 Å². The summed E-state index contributed by atoms with van der Waals surface area (Å²) < 4.78 is 4.89. The zero-order valence-electron chi connectivity index (χ0n) is 11.3. The average molecular weight is 258 g/mol. The number of hydrogen-bond acceptors (Lipinski definition) is 3. The van der Waals surface area contributed by atoms with Crippen molar-refractivity contribution in [2.45, 2.75) is 13.3 Å². The van der Waals surface area contributed by atoms with Crippen LogP contribution in [0.25, 0.3) is 6.08 Å². The number of rotatable bonds is 6. The van der Waals surface area contributed by atoms with Gasteiger partial charge in [-0.15, -0.1) is 0 Å². The van der Waals surface area contributed by atoms with Crippen molar-refractivity contribution in [1.29, 1.82) is 5.26 Å². The van der Waals surface area contributed by atoms with Crippen LogP contribution in [0.1, 0.15) is 17.5 Å². The van der Waals surface area contributed by atoms with Crippen LogP contribution in [-0.4, -0.2) is 26.2 Å². The highest BCUT2D eigenvalue weighted by Gasteiger charge is 2.07. The third-order valence-electron chi connectivity index (χ3n) is 2.53. The molecule has 0 aliphatic rings. The van der Waals surface area contributed by atoms with Crippen molar-refractivity contribution in [3.05, 3.63) is 41.0 Å². The lowest BCUT2D eigenvalue weighted by Crippen LogP contribution is -2.26. The van der Waals surface area contributed by atoms with E-state index in [0.717, 1.165) is 17.5 Å². The van der Waals surface area contributed by atoms with Crippen LogP contribution < -0.4 is 5.32 Å². The maximum absolute atomic E-state index is 11.8. The van der Waals surface area contributed by atoms with E-state index in [0.29, 0.717) is 13.2 Å². The maximum atomic E-state index is 11.8. The van der Waals surface area contributed by atoms with Crippen molar-refractivity contribution in [3.8, 4) is 6.07 Å². The summed E-state index contributed by atoms with van der Waals surface area (Å²) in [6.07, 6.45) is 2.32. The first-order valence-electron chi connectivity index (χ1n) is 6.13. The molecule has 0 unspecified atom stereocenters. The summed E-state index contributed by atoms with van der Waals surface area (Å²) in [5.74, 6) is -0.347. The smallest absolute Gasteiger partial charge is 0.261 e. The Morgan fingerprint density at radius 3 is 2.95 bits per heavy atom. The van der Waals surface area contributed by atoms with Gasteiger partial charge >= 0.3 is 0 Å². The van der Waals surface area contributed by atoms with Crippen LogP contribution in [0.5, 0.6) is 0 Å². The molecule has 4 heteroatoms. The van der Waals surface area contributed by atoms with Gasteiger partial charge in [0.15, 0.2) is 0 Å². The number of aryl methyl sites for hydroxylation is 1. The summed E-state index contributed by atoms with van der Waals surface area (Å²) in [5.41, 5.74) is 2.05. The number of carbonyl (C=O) groups is 1. The molecule has 100 valence electrons. The third-order valence-corrected chi connectivity index (χ3v) is 2.53. The molecule has 0 bridgehead atoms. The van der Waals surface area contributed by atoms with Gasteiger partial charge in [-0.1, -0.05) is 29.8 Å². The number of carbonyl (C=O) groups excluding carboxylic acids is 1. The fourth-order valence-corrected chi connectivity index (χ4v) is 1.59. The minimum Gasteiger partial charge on any atom is -0.385 e. The maximum Gasteiger partial charge on any atom is 0.261 e. The summed E-state index contributed by atoms with van der Waals surface area (Å²) in [5, 5.41) is 11.7. The third kappa shape index (κ3) is 5.36. The molecule has 4 nitrogen and oxygen atoms in total. The molecule has 0 radical (unpaired) electrons. The van der Waals surface area contributed by atoms with Gasteiger partial charge < -0.3 is 10.1 Å². The Morgan fingerprint density at radius 2 is 2.32 bits per heavy atom. The highest BCUT2D eigenvalue weighted by molar-refractivity contribution is 6.01. The first-order valence-corrected chi connectivity index (χ1v) is 6.13. The van der Waals surface area contributed by atoms with Gasteiger partial charge in [0, 0.05) is 20.3 Å². The number of nitriles is 1. The van der Waals surface area contributed by atoms with E-state index in [4.69, 9.17) is 10.00 Å². The van der Waals surface area contributed by atoms with Crippen LogP contribution in [0.4, 0.5) is 0 Å². The van der Waals surface area contributed by atoms with E-state index in [-0.39, 0.29) is 11.5 Å². The van der Waals surface area contributed by atoms with Crippen molar-refractivity contribution >= 4 is 12.0 Å². The SMILES string of the molecule is COCCCNC(=O)/C(C#N)=C\c1cccc(C)c1. The van der Waals surface area contributed by atoms with Crippen molar-refractivity contribution in [3.63, 3.8) is 0 Å². The molecule has 1 N–H and O–H groups in total. The lowest BCUT2D eigenvalue weighted by molar-refractivity contribution is -0.117. The zero-order chi connectivity index (χ0) is 14.1. The predicted octanol–water partition coefficient (Wildman–Crippen LogP) is 2.05. The standard InChI is InChI=1S/C15H18N2O2/c1-12-5-3-6-13(9-12)10-14(11-16)15(18)17-7-4-8-19-2/h3,5-6,9-10H,4,7-8H2,1-2H3,(H,17,18)/b14-10-. The van der Waals surface area contributed by atoms with Crippen LogP contribution in [-0.2, 0) is 9.53 Å². The van der Waals surface area contributed by atoms with E-state index < -0.39 is 0 Å². The molecule has 0 fully saturated rings. The first kappa shape index (κ1) is 14.9. The lowest BCUT2D eigenvalue weighted by atomic mass is 10.1. The zero-order valence-corrected chi connectivity index (χ0v) is 11.3. The van der Waals surface area contributed by atoms with E-state index >= 15 is 0 Å². The quantitative estimate of drug-likeness (QED) is 0.482. The second kappa shape index (κ2) is 8.06. The Morgan fingerprint density at radius 1 is 1.53 bits per heavy atom. The van der Waals surface area contributed by atoms with E-state index in [9.17, 15) is 4.79 Å². The van der Waals surface area contributed by atoms with Crippen molar-refractivity contribution in [2.24, 2.45) is 0 Å². The number of hydrogen-bond donors (Lipinski definition) is 1. The fourth-order valence-electron chi connectivity index (χ4n) is 1.59. The molecule has 0 aliphatic heterocycles. The van der Waals surface area contributed by atoms with Gasteiger partial charge in [-0.2, -0.15) is 5.26 Å². The van der Waals surface area contributed by atoms with Gasteiger partial charge in [-0.05, 0) is 25.0 Å². The van der Waals surface area contributed by atoms with Gasteiger partial charge in [0.05, 0.1) is 0 Å². The molecule has 19 heavy (non-hydrogen) atoms. The summed E-state index contributed by atoms with van der Waals surface area (Å²) in [4.78, 5) is 11.8. The number of nitrogens with one attached hydrogen (secondary N) is 1. The van der Waals surface area contributed by atoms with Gasteiger partial charge in [0.25, 0.3) is 5.91 Å². The number of benzene rings is 1. The predicted molar refractivity (Wildman–Crippen MR) is 74.3 cm³/mol. The fraction of sp³-hybridized carbons (Fsp3) is 0.333. The molecule has 1 aromatic carbocycles. The van der Waals surface area contributed by atoms with E-state index in [1.54, 1.807) is 13.2 Å². The minimum absolute atomic E-state index is 0.114. The van der Waals surface area contributed by atoms with E-state index in [1.807, 2.05) is 37.3 Å². The molecule has 0 heterocycles. The van der Waals surface area contributed by atoms with E-state index in [2.05, 4.69) is 5.32 Å². The summed E-state index contributed by atoms with van der Waals surface area (Å²) in [6, 6.07) is 9.58. The monoisotopic (exact) mass is 258 g/mol. The molecule has 0 saturated carbocycles. The number of amides is 1. The van der Waals surface area contributed by atoms with Gasteiger partial charge in [-0.3, -0.25) is 4.79 Å². The number of nitrogens with zero attached hydrogens (tertiary/aromatic N) is 1. The molecule has 0 saturated heterocycles. The summed E-state index contributed by atoms with van der Waals surface area (Å²) >= 11 is 0. The first-order chi connectivity index (χ1) is 9.17. The molecule has 0 aliphatic carbocycles. The topological polar surface area (TPSA) is 62.1 Å².